The van der Waals surface area contributed by atoms with E-state index in [1.54, 1.807) is 30.3 Å². The minimum absolute atomic E-state index is 0.124. The number of carbonyl (C=O) groups excluding carboxylic acids is 2. The second-order valence-corrected chi connectivity index (χ2v) is 3.59. The molecular weight excluding hydrogens is 216 g/mol. The molecule has 0 atom stereocenters. The molecule has 17 heavy (non-hydrogen) atoms. The van der Waals surface area contributed by atoms with Gasteiger partial charge < -0.3 is 10.6 Å². The van der Waals surface area contributed by atoms with Crippen molar-refractivity contribution in [2.24, 2.45) is 0 Å². The van der Waals surface area contributed by atoms with Gasteiger partial charge in [0.25, 0.3) is 5.91 Å². The molecule has 2 amide bonds. The summed E-state index contributed by atoms with van der Waals surface area (Å²) in [6.45, 7) is 5.60. The van der Waals surface area contributed by atoms with Gasteiger partial charge in [-0.1, -0.05) is 6.08 Å². The highest BCUT2D eigenvalue weighted by Gasteiger charge is 2.04. The van der Waals surface area contributed by atoms with Crippen molar-refractivity contribution in [3.8, 4) is 0 Å². The van der Waals surface area contributed by atoms with Crippen LogP contribution in [-0.2, 0) is 4.79 Å². The van der Waals surface area contributed by atoms with Crippen molar-refractivity contribution < 1.29 is 9.59 Å². The molecule has 1 aromatic rings. The van der Waals surface area contributed by atoms with Gasteiger partial charge in [-0.2, -0.15) is 0 Å². The van der Waals surface area contributed by atoms with Gasteiger partial charge in [0.05, 0.1) is 0 Å². The Morgan fingerprint density at radius 3 is 2.47 bits per heavy atom. The van der Waals surface area contributed by atoms with E-state index in [1.807, 2.05) is 0 Å². The molecule has 0 heterocycles. The SMILES string of the molecule is C=CCCNC(=O)c1ccc(NC(C)=O)cc1. The average molecular weight is 232 g/mol. The van der Waals surface area contributed by atoms with Crippen molar-refractivity contribution in [1.29, 1.82) is 0 Å². The van der Waals surface area contributed by atoms with Crippen molar-refractivity contribution in [3.63, 3.8) is 0 Å². The fraction of sp³-hybridized carbons (Fsp3) is 0.231. The summed E-state index contributed by atoms with van der Waals surface area (Å²) in [5.41, 5.74) is 1.25. The summed E-state index contributed by atoms with van der Waals surface area (Å²) in [5.74, 6) is -0.255. The number of benzene rings is 1. The lowest BCUT2D eigenvalue weighted by Crippen LogP contribution is -2.24. The zero-order valence-corrected chi connectivity index (χ0v) is 9.82. The van der Waals surface area contributed by atoms with Gasteiger partial charge in [0.1, 0.15) is 0 Å². The van der Waals surface area contributed by atoms with Gasteiger partial charge in [0.15, 0.2) is 0 Å². The maximum absolute atomic E-state index is 11.6. The average Bonchev–Trinajstić information content (AvgIpc) is 2.29. The molecule has 1 aromatic carbocycles. The van der Waals surface area contributed by atoms with E-state index in [-0.39, 0.29) is 11.8 Å². The first-order valence-corrected chi connectivity index (χ1v) is 5.40. The third-order valence-corrected chi connectivity index (χ3v) is 2.10. The Labute approximate surface area is 101 Å². The number of rotatable bonds is 5. The molecular formula is C13H16N2O2. The largest absolute Gasteiger partial charge is 0.352 e. The molecule has 2 N–H and O–H groups in total. The molecule has 1 rings (SSSR count). The van der Waals surface area contributed by atoms with Crippen LogP contribution in [0.2, 0.25) is 0 Å². The fourth-order valence-corrected chi connectivity index (χ4v) is 1.30. The van der Waals surface area contributed by atoms with Gasteiger partial charge >= 0.3 is 0 Å². The first kappa shape index (κ1) is 13.0. The van der Waals surface area contributed by atoms with Crippen LogP contribution in [0.15, 0.2) is 36.9 Å². The lowest BCUT2D eigenvalue weighted by molar-refractivity contribution is -0.114. The quantitative estimate of drug-likeness (QED) is 0.602. The first-order valence-electron chi connectivity index (χ1n) is 5.40. The Morgan fingerprint density at radius 1 is 1.29 bits per heavy atom. The molecule has 0 radical (unpaired) electrons. The number of nitrogens with one attached hydrogen (secondary N) is 2. The molecule has 0 fully saturated rings. The molecule has 0 saturated heterocycles. The minimum Gasteiger partial charge on any atom is -0.352 e. The predicted molar refractivity (Wildman–Crippen MR) is 67.9 cm³/mol. The number of carbonyl (C=O) groups is 2. The molecule has 0 bridgehead atoms. The number of anilines is 1. The molecule has 0 aromatic heterocycles. The van der Waals surface area contributed by atoms with Crippen LogP contribution in [0.25, 0.3) is 0 Å². The summed E-state index contributed by atoms with van der Waals surface area (Å²) in [5, 5.41) is 5.40. The van der Waals surface area contributed by atoms with Crippen molar-refractivity contribution in [1.82, 2.24) is 5.32 Å². The molecule has 0 aliphatic carbocycles. The van der Waals surface area contributed by atoms with Gasteiger partial charge in [-0.15, -0.1) is 6.58 Å². The first-order chi connectivity index (χ1) is 8.13. The molecule has 4 nitrogen and oxygen atoms in total. The topological polar surface area (TPSA) is 58.2 Å². The predicted octanol–water partition coefficient (Wildman–Crippen LogP) is 1.95. The van der Waals surface area contributed by atoms with Crippen LogP contribution in [0, 0.1) is 0 Å². The van der Waals surface area contributed by atoms with Crippen LogP contribution in [0.5, 0.6) is 0 Å². The molecule has 0 saturated carbocycles. The van der Waals surface area contributed by atoms with E-state index in [1.165, 1.54) is 6.92 Å². The summed E-state index contributed by atoms with van der Waals surface area (Å²) in [4.78, 5) is 22.4. The van der Waals surface area contributed by atoms with Gasteiger partial charge in [-0.25, -0.2) is 0 Å². The zero-order chi connectivity index (χ0) is 12.7. The molecule has 90 valence electrons. The smallest absolute Gasteiger partial charge is 0.251 e. The number of hydrogen-bond donors (Lipinski definition) is 2. The number of hydrogen-bond acceptors (Lipinski definition) is 2. The molecule has 4 heteroatoms. The van der Waals surface area contributed by atoms with Crippen molar-refractivity contribution >= 4 is 17.5 Å². The van der Waals surface area contributed by atoms with E-state index in [0.29, 0.717) is 17.8 Å². The normalized spacial score (nSPS) is 9.47. The van der Waals surface area contributed by atoms with E-state index in [2.05, 4.69) is 17.2 Å². The standard InChI is InChI=1S/C13H16N2O2/c1-3-4-9-14-13(17)11-5-7-12(8-6-11)15-10(2)16/h3,5-8H,1,4,9H2,2H3,(H,14,17)(H,15,16). The summed E-state index contributed by atoms with van der Waals surface area (Å²) in [6, 6.07) is 6.75. The molecule has 0 unspecified atom stereocenters. The number of amides is 2. The summed E-state index contributed by atoms with van der Waals surface area (Å²) >= 11 is 0. The van der Waals surface area contributed by atoms with Crippen molar-refractivity contribution in [2.45, 2.75) is 13.3 Å². The van der Waals surface area contributed by atoms with E-state index in [4.69, 9.17) is 0 Å². The summed E-state index contributed by atoms with van der Waals surface area (Å²) < 4.78 is 0. The van der Waals surface area contributed by atoms with Gasteiger partial charge in [-0.05, 0) is 30.7 Å². The highest BCUT2D eigenvalue weighted by Crippen LogP contribution is 2.09. The summed E-state index contributed by atoms with van der Waals surface area (Å²) in [7, 11) is 0. The third kappa shape index (κ3) is 4.51. The maximum Gasteiger partial charge on any atom is 0.251 e. The highest BCUT2D eigenvalue weighted by atomic mass is 16.2. The maximum atomic E-state index is 11.6. The lowest BCUT2D eigenvalue weighted by atomic mass is 10.2. The van der Waals surface area contributed by atoms with Crippen LogP contribution in [0.4, 0.5) is 5.69 Å². The van der Waals surface area contributed by atoms with Crippen molar-refractivity contribution in [2.75, 3.05) is 11.9 Å². The Morgan fingerprint density at radius 2 is 1.94 bits per heavy atom. The Bertz CT molecular complexity index is 410. The van der Waals surface area contributed by atoms with E-state index in [9.17, 15) is 9.59 Å². The van der Waals surface area contributed by atoms with Crippen LogP contribution in [-0.4, -0.2) is 18.4 Å². The van der Waals surface area contributed by atoms with Gasteiger partial charge in [-0.3, -0.25) is 9.59 Å². The summed E-state index contributed by atoms with van der Waals surface area (Å²) in [6.07, 6.45) is 2.50. The Kier molecular flexibility index (Phi) is 4.94. The Balaban J connectivity index is 2.57. The minimum atomic E-state index is -0.131. The molecule has 0 spiro atoms. The fourth-order valence-electron chi connectivity index (χ4n) is 1.30. The van der Waals surface area contributed by atoms with Crippen LogP contribution in [0.3, 0.4) is 0 Å². The second-order valence-electron chi connectivity index (χ2n) is 3.59. The van der Waals surface area contributed by atoms with Gasteiger partial charge in [0, 0.05) is 24.7 Å². The monoisotopic (exact) mass is 232 g/mol. The lowest BCUT2D eigenvalue weighted by Gasteiger charge is -2.05. The van der Waals surface area contributed by atoms with E-state index >= 15 is 0 Å². The van der Waals surface area contributed by atoms with Crippen LogP contribution < -0.4 is 10.6 Å². The molecule has 0 aliphatic heterocycles. The molecule has 0 aliphatic rings. The zero-order valence-electron chi connectivity index (χ0n) is 9.82. The second kappa shape index (κ2) is 6.48. The van der Waals surface area contributed by atoms with Crippen LogP contribution >= 0.6 is 0 Å². The van der Waals surface area contributed by atoms with Gasteiger partial charge in [0.2, 0.25) is 5.91 Å². The Hall–Kier alpha value is -2.10. The van der Waals surface area contributed by atoms with Crippen LogP contribution in [0.1, 0.15) is 23.7 Å². The van der Waals surface area contributed by atoms with E-state index in [0.717, 1.165) is 6.42 Å². The highest BCUT2D eigenvalue weighted by molar-refractivity contribution is 5.95. The van der Waals surface area contributed by atoms with Crippen molar-refractivity contribution in [3.05, 3.63) is 42.5 Å². The third-order valence-electron chi connectivity index (χ3n) is 2.10. The van der Waals surface area contributed by atoms with E-state index < -0.39 is 0 Å².